The standard InChI is InChI=1S/C16H18Br2FNS/c1-3-6-20-14(15-7-10(2)16(18)21-15)9-11-8-12(17)4-5-13(11)19/h4-5,7-8,14,20H,3,6,9H2,1-2H3. The van der Waals surface area contributed by atoms with Crippen LogP contribution in [0.1, 0.15) is 35.4 Å². The van der Waals surface area contributed by atoms with E-state index in [1.165, 1.54) is 16.5 Å². The van der Waals surface area contributed by atoms with Gasteiger partial charge in [0.1, 0.15) is 5.82 Å². The molecule has 1 aromatic heterocycles. The number of hydrogen-bond donors (Lipinski definition) is 1. The van der Waals surface area contributed by atoms with Crippen molar-refractivity contribution in [1.29, 1.82) is 0 Å². The van der Waals surface area contributed by atoms with E-state index in [9.17, 15) is 4.39 Å². The Balaban J connectivity index is 2.25. The molecule has 0 spiro atoms. The Morgan fingerprint density at radius 1 is 1.29 bits per heavy atom. The summed E-state index contributed by atoms with van der Waals surface area (Å²) in [4.78, 5) is 1.24. The molecule has 1 aromatic carbocycles. The highest BCUT2D eigenvalue weighted by atomic mass is 79.9. The van der Waals surface area contributed by atoms with Gasteiger partial charge in [0.15, 0.2) is 0 Å². The zero-order chi connectivity index (χ0) is 15.4. The van der Waals surface area contributed by atoms with Gasteiger partial charge in [-0.15, -0.1) is 11.3 Å². The van der Waals surface area contributed by atoms with E-state index in [-0.39, 0.29) is 11.9 Å². The van der Waals surface area contributed by atoms with Crippen molar-refractivity contribution in [3.8, 4) is 0 Å². The largest absolute Gasteiger partial charge is 0.309 e. The van der Waals surface area contributed by atoms with Crippen molar-refractivity contribution < 1.29 is 4.39 Å². The SMILES string of the molecule is CCCNC(Cc1cc(Br)ccc1F)c1cc(C)c(Br)s1. The third-order valence-corrected chi connectivity index (χ3v) is 6.04. The van der Waals surface area contributed by atoms with E-state index in [0.29, 0.717) is 6.42 Å². The van der Waals surface area contributed by atoms with Crippen LogP contribution in [0.25, 0.3) is 0 Å². The highest BCUT2D eigenvalue weighted by Crippen LogP contribution is 2.33. The summed E-state index contributed by atoms with van der Waals surface area (Å²) in [7, 11) is 0. The maximum Gasteiger partial charge on any atom is 0.126 e. The molecule has 0 aliphatic rings. The molecule has 114 valence electrons. The number of hydrogen-bond acceptors (Lipinski definition) is 2. The molecule has 21 heavy (non-hydrogen) atoms. The van der Waals surface area contributed by atoms with E-state index >= 15 is 0 Å². The molecule has 0 radical (unpaired) electrons. The first kappa shape index (κ1) is 17.1. The van der Waals surface area contributed by atoms with Crippen LogP contribution in [0.3, 0.4) is 0 Å². The van der Waals surface area contributed by atoms with Gasteiger partial charge < -0.3 is 5.32 Å². The summed E-state index contributed by atoms with van der Waals surface area (Å²) in [5.41, 5.74) is 1.97. The van der Waals surface area contributed by atoms with Crippen LogP contribution < -0.4 is 5.32 Å². The quantitative estimate of drug-likeness (QED) is 0.587. The number of nitrogens with one attached hydrogen (secondary N) is 1. The zero-order valence-electron chi connectivity index (χ0n) is 12.1. The van der Waals surface area contributed by atoms with Crippen molar-refractivity contribution in [3.05, 3.63) is 54.3 Å². The fraction of sp³-hybridized carbons (Fsp3) is 0.375. The Kier molecular flexibility index (Phi) is 6.41. The molecule has 1 unspecified atom stereocenters. The summed E-state index contributed by atoms with van der Waals surface area (Å²) in [6.07, 6.45) is 1.71. The van der Waals surface area contributed by atoms with Gasteiger partial charge in [0, 0.05) is 15.4 Å². The van der Waals surface area contributed by atoms with E-state index in [1.807, 2.05) is 6.07 Å². The number of halogens is 3. The second-order valence-electron chi connectivity index (χ2n) is 5.05. The van der Waals surface area contributed by atoms with Gasteiger partial charge in [-0.25, -0.2) is 4.39 Å². The van der Waals surface area contributed by atoms with Crippen molar-refractivity contribution in [2.24, 2.45) is 0 Å². The number of benzene rings is 1. The molecule has 5 heteroatoms. The minimum Gasteiger partial charge on any atom is -0.309 e. The summed E-state index contributed by atoms with van der Waals surface area (Å²) in [5.74, 6) is -0.145. The zero-order valence-corrected chi connectivity index (χ0v) is 16.0. The predicted octanol–water partition coefficient (Wildman–Crippen LogP) is 6.00. The van der Waals surface area contributed by atoms with Crippen LogP contribution in [0.15, 0.2) is 32.5 Å². The van der Waals surface area contributed by atoms with E-state index < -0.39 is 0 Å². The van der Waals surface area contributed by atoms with Gasteiger partial charge in [0.25, 0.3) is 0 Å². The lowest BCUT2D eigenvalue weighted by Gasteiger charge is -2.18. The highest BCUT2D eigenvalue weighted by Gasteiger charge is 2.17. The van der Waals surface area contributed by atoms with Gasteiger partial charge >= 0.3 is 0 Å². The summed E-state index contributed by atoms with van der Waals surface area (Å²) < 4.78 is 16.1. The first-order valence-electron chi connectivity index (χ1n) is 6.94. The third kappa shape index (κ3) is 4.62. The minimum atomic E-state index is -0.145. The Labute approximate surface area is 146 Å². The molecule has 1 N–H and O–H groups in total. The number of rotatable bonds is 6. The van der Waals surface area contributed by atoms with Gasteiger partial charge in [0.05, 0.1) is 3.79 Å². The molecule has 0 fully saturated rings. The number of aryl methyl sites for hydroxylation is 1. The molecule has 0 saturated heterocycles. The van der Waals surface area contributed by atoms with Crippen molar-refractivity contribution in [2.45, 2.75) is 32.7 Å². The van der Waals surface area contributed by atoms with Gasteiger partial charge in [0.2, 0.25) is 0 Å². The van der Waals surface area contributed by atoms with Crippen molar-refractivity contribution in [3.63, 3.8) is 0 Å². The third-order valence-electron chi connectivity index (χ3n) is 3.29. The molecule has 1 atom stereocenters. The van der Waals surface area contributed by atoms with E-state index in [2.05, 4.69) is 57.1 Å². The minimum absolute atomic E-state index is 0.142. The van der Waals surface area contributed by atoms with Crippen molar-refractivity contribution in [2.75, 3.05) is 6.54 Å². The molecule has 0 bridgehead atoms. The van der Waals surface area contributed by atoms with Crippen molar-refractivity contribution in [1.82, 2.24) is 5.32 Å². The summed E-state index contributed by atoms with van der Waals surface area (Å²) >= 11 is 8.71. The Hall–Kier alpha value is -0.230. The van der Waals surface area contributed by atoms with Crippen LogP contribution in [0, 0.1) is 12.7 Å². The van der Waals surface area contributed by atoms with Crippen molar-refractivity contribution >= 4 is 43.2 Å². The van der Waals surface area contributed by atoms with Gasteiger partial charge in [-0.05, 0) is 77.6 Å². The second-order valence-corrected chi connectivity index (χ2v) is 8.37. The first-order chi connectivity index (χ1) is 10.0. The molecule has 2 rings (SSSR count). The molecule has 0 saturated carbocycles. The summed E-state index contributed by atoms with van der Waals surface area (Å²) in [6.45, 7) is 5.15. The number of thiophene rings is 1. The lowest BCUT2D eigenvalue weighted by Crippen LogP contribution is -2.23. The fourth-order valence-corrected chi connectivity index (χ4v) is 4.22. The molecule has 2 aromatic rings. The molecule has 0 aliphatic heterocycles. The molecular formula is C16H18Br2FNS. The first-order valence-corrected chi connectivity index (χ1v) is 9.34. The maximum atomic E-state index is 14.0. The van der Waals surface area contributed by atoms with Gasteiger partial charge in [-0.1, -0.05) is 22.9 Å². The lowest BCUT2D eigenvalue weighted by molar-refractivity contribution is 0.519. The molecule has 1 heterocycles. The molecule has 1 nitrogen and oxygen atoms in total. The predicted molar refractivity (Wildman–Crippen MR) is 95.6 cm³/mol. The van der Waals surface area contributed by atoms with Crippen LogP contribution in [-0.4, -0.2) is 6.54 Å². The monoisotopic (exact) mass is 433 g/mol. The van der Waals surface area contributed by atoms with Crippen LogP contribution in [0.4, 0.5) is 4.39 Å². The average Bonchev–Trinajstić information content (AvgIpc) is 2.78. The fourth-order valence-electron chi connectivity index (χ4n) is 2.17. The average molecular weight is 435 g/mol. The Morgan fingerprint density at radius 3 is 2.67 bits per heavy atom. The normalized spacial score (nSPS) is 12.6. The highest BCUT2D eigenvalue weighted by molar-refractivity contribution is 9.11. The van der Waals surface area contributed by atoms with Gasteiger partial charge in [-0.2, -0.15) is 0 Å². The van der Waals surface area contributed by atoms with E-state index in [0.717, 1.165) is 26.8 Å². The van der Waals surface area contributed by atoms with E-state index in [4.69, 9.17) is 0 Å². The molecule has 0 amide bonds. The molecular weight excluding hydrogens is 417 g/mol. The topological polar surface area (TPSA) is 12.0 Å². The smallest absolute Gasteiger partial charge is 0.126 e. The maximum absolute atomic E-state index is 14.0. The summed E-state index contributed by atoms with van der Waals surface area (Å²) in [5, 5.41) is 3.53. The lowest BCUT2D eigenvalue weighted by atomic mass is 10.0. The van der Waals surface area contributed by atoms with Crippen LogP contribution in [-0.2, 0) is 6.42 Å². The van der Waals surface area contributed by atoms with Crippen LogP contribution in [0.2, 0.25) is 0 Å². The Bertz CT molecular complexity index is 593. The summed E-state index contributed by atoms with van der Waals surface area (Å²) in [6, 6.07) is 7.44. The van der Waals surface area contributed by atoms with Crippen LogP contribution >= 0.6 is 43.2 Å². The Morgan fingerprint density at radius 2 is 2.05 bits per heavy atom. The second kappa shape index (κ2) is 7.86. The van der Waals surface area contributed by atoms with E-state index in [1.54, 1.807) is 17.4 Å². The molecule has 0 aliphatic carbocycles. The van der Waals surface area contributed by atoms with Gasteiger partial charge in [-0.3, -0.25) is 0 Å². The van der Waals surface area contributed by atoms with Crippen LogP contribution in [0.5, 0.6) is 0 Å².